The topological polar surface area (TPSA) is 200 Å². The third-order valence-electron chi connectivity index (χ3n) is 8.85. The second-order valence-electron chi connectivity index (χ2n) is 12.7. The standard InChI is InChI=1S/C38H45N7O7/c1-44-30(21-26-14-8-4-9-15-26)35(49)41-24-34(48)43-29(20-25-12-6-3-7-13-25)38(52)45(2)31(22-27-16-10-5-11-17-27)36(50)40-23-33(47)42-28(37(44)51)18-19-32(39)46/h3-17,28-31H,18-24H2,1-2H3,(H2,39,46)(H,40,50)(H,41,49)(H,42,47)(H,43,48)/t28-,29-,30-,31+/m0/s1. The molecule has 1 heterocycles. The molecule has 6 N–H and O–H groups in total. The van der Waals surface area contributed by atoms with Crippen LogP contribution in [-0.2, 0) is 52.8 Å². The summed E-state index contributed by atoms with van der Waals surface area (Å²) in [6, 6.07) is 22.3. The van der Waals surface area contributed by atoms with Crippen LogP contribution in [0.15, 0.2) is 91.0 Å². The highest BCUT2D eigenvalue weighted by molar-refractivity contribution is 5.97. The van der Waals surface area contributed by atoms with Gasteiger partial charge in [0.25, 0.3) is 0 Å². The number of nitrogens with two attached hydrogens (primary N) is 1. The van der Waals surface area contributed by atoms with Crippen molar-refractivity contribution in [1.82, 2.24) is 31.1 Å². The van der Waals surface area contributed by atoms with E-state index < -0.39 is 78.6 Å². The molecule has 1 aliphatic heterocycles. The third-order valence-corrected chi connectivity index (χ3v) is 8.85. The molecule has 4 rings (SSSR count). The minimum absolute atomic E-state index is 0.0613. The Morgan fingerprint density at radius 1 is 0.596 bits per heavy atom. The van der Waals surface area contributed by atoms with Crippen LogP contribution in [0.2, 0.25) is 0 Å². The smallest absolute Gasteiger partial charge is 0.245 e. The van der Waals surface area contributed by atoms with Crippen LogP contribution in [0.4, 0.5) is 0 Å². The van der Waals surface area contributed by atoms with E-state index in [0.717, 1.165) is 21.6 Å². The quantitative estimate of drug-likeness (QED) is 0.203. The largest absolute Gasteiger partial charge is 0.370 e. The first-order chi connectivity index (χ1) is 24.9. The van der Waals surface area contributed by atoms with Gasteiger partial charge in [-0.3, -0.25) is 33.6 Å². The first-order valence-corrected chi connectivity index (χ1v) is 17.0. The van der Waals surface area contributed by atoms with Crippen molar-refractivity contribution in [3.8, 4) is 0 Å². The van der Waals surface area contributed by atoms with E-state index in [2.05, 4.69) is 21.3 Å². The fourth-order valence-corrected chi connectivity index (χ4v) is 5.94. The maximum Gasteiger partial charge on any atom is 0.245 e. The van der Waals surface area contributed by atoms with Gasteiger partial charge in [-0.25, -0.2) is 0 Å². The molecule has 0 aliphatic carbocycles. The van der Waals surface area contributed by atoms with Gasteiger partial charge in [0, 0.05) is 39.8 Å². The Labute approximate surface area is 302 Å². The molecule has 14 heteroatoms. The zero-order valence-electron chi connectivity index (χ0n) is 29.2. The van der Waals surface area contributed by atoms with Crippen molar-refractivity contribution >= 4 is 41.4 Å². The molecule has 0 bridgehead atoms. The van der Waals surface area contributed by atoms with Gasteiger partial charge >= 0.3 is 0 Å². The number of carbonyl (C=O) groups is 7. The van der Waals surface area contributed by atoms with Crippen LogP contribution in [0.3, 0.4) is 0 Å². The highest BCUT2D eigenvalue weighted by Gasteiger charge is 2.35. The molecular formula is C38H45N7O7. The van der Waals surface area contributed by atoms with Crippen molar-refractivity contribution in [2.75, 3.05) is 27.2 Å². The Balaban J connectivity index is 1.70. The summed E-state index contributed by atoms with van der Waals surface area (Å²) in [4.78, 5) is 96.3. The first kappa shape index (κ1) is 38.7. The molecule has 0 radical (unpaired) electrons. The highest BCUT2D eigenvalue weighted by atomic mass is 16.2. The number of nitrogens with one attached hydrogen (secondary N) is 4. The van der Waals surface area contributed by atoms with Gasteiger partial charge in [0.15, 0.2) is 0 Å². The van der Waals surface area contributed by atoms with E-state index in [1.54, 1.807) is 78.9 Å². The van der Waals surface area contributed by atoms with Crippen molar-refractivity contribution in [1.29, 1.82) is 0 Å². The van der Waals surface area contributed by atoms with E-state index in [4.69, 9.17) is 5.73 Å². The Bertz CT molecular complexity index is 1720. The van der Waals surface area contributed by atoms with E-state index in [1.807, 2.05) is 12.1 Å². The zero-order valence-corrected chi connectivity index (χ0v) is 29.2. The van der Waals surface area contributed by atoms with Gasteiger partial charge in [-0.1, -0.05) is 91.0 Å². The van der Waals surface area contributed by atoms with Crippen molar-refractivity contribution in [2.45, 2.75) is 56.3 Å². The maximum absolute atomic E-state index is 14.2. The van der Waals surface area contributed by atoms with Crippen molar-refractivity contribution in [3.05, 3.63) is 108 Å². The molecule has 3 aromatic rings. The summed E-state index contributed by atoms with van der Waals surface area (Å²) in [5, 5.41) is 10.5. The summed E-state index contributed by atoms with van der Waals surface area (Å²) in [7, 11) is 2.83. The highest BCUT2D eigenvalue weighted by Crippen LogP contribution is 2.15. The van der Waals surface area contributed by atoms with Gasteiger partial charge in [-0.15, -0.1) is 0 Å². The summed E-state index contributed by atoms with van der Waals surface area (Å²) >= 11 is 0. The normalized spacial score (nSPS) is 21.3. The van der Waals surface area contributed by atoms with Crippen LogP contribution in [0, 0.1) is 0 Å². The van der Waals surface area contributed by atoms with E-state index in [9.17, 15) is 33.6 Å². The molecule has 52 heavy (non-hydrogen) atoms. The van der Waals surface area contributed by atoms with Crippen LogP contribution in [0.25, 0.3) is 0 Å². The fourth-order valence-electron chi connectivity index (χ4n) is 5.94. The summed E-state index contributed by atoms with van der Waals surface area (Å²) in [5.41, 5.74) is 7.57. The van der Waals surface area contributed by atoms with Gasteiger partial charge in [0.05, 0.1) is 13.1 Å². The summed E-state index contributed by atoms with van der Waals surface area (Å²) in [6.07, 6.45) is -0.177. The lowest BCUT2D eigenvalue weighted by atomic mass is 10.0. The molecule has 0 unspecified atom stereocenters. The second kappa shape index (κ2) is 18.8. The SMILES string of the molecule is CN1C(=O)[C@H](Cc2ccccc2)NC(=O)CNC(=O)[C@H](Cc2ccccc2)N(C)C(=O)[C@H](CCC(N)=O)NC(=O)CNC(=O)[C@H]1Cc1ccccc1. The lowest BCUT2D eigenvalue weighted by molar-refractivity contribution is -0.143. The minimum Gasteiger partial charge on any atom is -0.370 e. The lowest BCUT2D eigenvalue weighted by Crippen LogP contribution is -2.59. The molecule has 3 aromatic carbocycles. The van der Waals surface area contributed by atoms with E-state index in [-0.39, 0.29) is 32.1 Å². The van der Waals surface area contributed by atoms with Crippen molar-refractivity contribution in [2.24, 2.45) is 5.73 Å². The molecule has 1 saturated heterocycles. The maximum atomic E-state index is 14.2. The van der Waals surface area contributed by atoms with Crippen molar-refractivity contribution < 1.29 is 33.6 Å². The molecule has 4 atom stereocenters. The average Bonchev–Trinajstić information content (AvgIpc) is 3.15. The third kappa shape index (κ3) is 11.2. The second-order valence-corrected chi connectivity index (χ2v) is 12.7. The first-order valence-electron chi connectivity index (χ1n) is 17.0. The predicted octanol–water partition coefficient (Wildman–Crippen LogP) is -0.150. The van der Waals surface area contributed by atoms with Gasteiger partial charge in [-0.2, -0.15) is 0 Å². The minimum atomic E-state index is -1.28. The molecule has 1 fully saturated rings. The average molecular weight is 712 g/mol. The molecule has 0 saturated carbocycles. The van der Waals surface area contributed by atoms with Crippen LogP contribution < -0.4 is 27.0 Å². The van der Waals surface area contributed by atoms with Crippen LogP contribution in [-0.4, -0.2) is 103 Å². The zero-order chi connectivity index (χ0) is 37.6. The Hall–Kier alpha value is -6.05. The Morgan fingerprint density at radius 3 is 1.37 bits per heavy atom. The van der Waals surface area contributed by atoms with Gasteiger partial charge in [0.2, 0.25) is 41.4 Å². The number of rotatable bonds is 9. The molecule has 0 aromatic heterocycles. The van der Waals surface area contributed by atoms with Crippen LogP contribution in [0.1, 0.15) is 29.5 Å². The number of hydrogen-bond acceptors (Lipinski definition) is 7. The number of nitrogens with zero attached hydrogens (tertiary/aromatic N) is 2. The number of hydrogen-bond donors (Lipinski definition) is 5. The fraction of sp³-hybridized carbons (Fsp3) is 0.342. The monoisotopic (exact) mass is 711 g/mol. The Morgan fingerprint density at radius 2 is 0.962 bits per heavy atom. The van der Waals surface area contributed by atoms with Crippen LogP contribution in [0.5, 0.6) is 0 Å². The summed E-state index contributed by atoms with van der Waals surface area (Å²) < 4.78 is 0. The van der Waals surface area contributed by atoms with Gasteiger partial charge in [0.1, 0.15) is 24.2 Å². The molecule has 1 aliphatic rings. The van der Waals surface area contributed by atoms with E-state index in [0.29, 0.717) is 0 Å². The lowest BCUT2D eigenvalue weighted by Gasteiger charge is -2.32. The van der Waals surface area contributed by atoms with Crippen molar-refractivity contribution in [3.63, 3.8) is 0 Å². The summed E-state index contributed by atoms with van der Waals surface area (Å²) in [6.45, 7) is -1.08. The van der Waals surface area contributed by atoms with E-state index >= 15 is 0 Å². The summed E-state index contributed by atoms with van der Waals surface area (Å²) in [5.74, 6) is -4.66. The predicted molar refractivity (Wildman–Crippen MR) is 192 cm³/mol. The Kier molecular flexibility index (Phi) is 14.0. The number of benzene rings is 3. The molecule has 14 nitrogen and oxygen atoms in total. The number of amides is 7. The van der Waals surface area contributed by atoms with E-state index in [1.165, 1.54) is 19.0 Å². The number of likely N-dealkylation sites (N-methyl/N-ethyl adjacent to an activating group) is 2. The molecule has 7 amide bonds. The van der Waals surface area contributed by atoms with Gasteiger partial charge < -0.3 is 36.8 Å². The number of primary amides is 1. The van der Waals surface area contributed by atoms with Crippen LogP contribution >= 0.6 is 0 Å². The number of carbonyl (C=O) groups excluding carboxylic acids is 7. The molecule has 0 spiro atoms. The molecule has 274 valence electrons. The molecular weight excluding hydrogens is 666 g/mol. The van der Waals surface area contributed by atoms with Gasteiger partial charge in [-0.05, 0) is 23.1 Å².